The van der Waals surface area contributed by atoms with E-state index in [1.54, 1.807) is 18.2 Å². The lowest BCUT2D eigenvalue weighted by molar-refractivity contribution is 0.607. The van der Waals surface area contributed by atoms with Crippen molar-refractivity contribution in [3.05, 3.63) is 48.2 Å². The van der Waals surface area contributed by atoms with Gasteiger partial charge in [0.15, 0.2) is 0 Å². The lowest BCUT2D eigenvalue weighted by atomic mass is 10.1. The van der Waals surface area contributed by atoms with Gasteiger partial charge in [0.25, 0.3) is 0 Å². The summed E-state index contributed by atoms with van der Waals surface area (Å²) in [5.41, 5.74) is 9.21. The Balaban J connectivity index is 1.84. The average Bonchev–Trinajstić information content (AvgIpc) is 3.14. The minimum atomic E-state index is -3.28. The van der Waals surface area contributed by atoms with Crippen molar-refractivity contribution in [1.82, 2.24) is 4.98 Å². The van der Waals surface area contributed by atoms with Gasteiger partial charge in [0.2, 0.25) is 10.0 Å². The number of aromatic nitrogens is 1. The second-order valence-corrected chi connectivity index (χ2v) is 7.19. The van der Waals surface area contributed by atoms with E-state index in [1.807, 2.05) is 24.4 Å². The first-order valence-electron chi connectivity index (χ1n) is 6.72. The largest absolute Gasteiger partial charge is 0.327 e. The number of sulfonamides is 1. The highest BCUT2D eigenvalue weighted by molar-refractivity contribution is 7.92. The summed E-state index contributed by atoms with van der Waals surface area (Å²) in [4.78, 5) is 4.45. The second-order valence-electron chi connectivity index (χ2n) is 5.44. The van der Waals surface area contributed by atoms with E-state index in [1.165, 1.54) is 0 Å². The van der Waals surface area contributed by atoms with Gasteiger partial charge in [-0.05, 0) is 30.2 Å². The summed E-state index contributed by atoms with van der Waals surface area (Å²) in [5, 5.41) is 0. The molecule has 0 aliphatic heterocycles. The van der Waals surface area contributed by atoms with Crippen LogP contribution >= 0.6 is 0 Å². The monoisotopic (exact) mass is 303 g/mol. The van der Waals surface area contributed by atoms with E-state index in [2.05, 4.69) is 9.71 Å². The first-order valence-corrected chi connectivity index (χ1v) is 8.61. The Hall–Kier alpha value is -1.92. The molecule has 1 saturated carbocycles. The molecule has 110 valence electrons. The summed E-state index contributed by atoms with van der Waals surface area (Å²) in [6.45, 7) is 0. The molecule has 2 unspecified atom stereocenters. The van der Waals surface area contributed by atoms with Gasteiger partial charge in [0.05, 0.1) is 11.9 Å². The number of nitrogens with zero attached hydrogens (tertiary/aromatic N) is 1. The normalized spacial score (nSPS) is 21.0. The number of anilines is 1. The fourth-order valence-electron chi connectivity index (χ4n) is 2.35. The van der Waals surface area contributed by atoms with E-state index in [9.17, 15) is 8.42 Å². The van der Waals surface area contributed by atoms with Gasteiger partial charge in [-0.3, -0.25) is 9.71 Å². The lowest BCUT2D eigenvalue weighted by Gasteiger charge is -2.07. The predicted molar refractivity (Wildman–Crippen MR) is 83.5 cm³/mol. The summed E-state index contributed by atoms with van der Waals surface area (Å²) in [7, 11) is -3.28. The molecule has 2 aromatic rings. The molecule has 1 heterocycles. The molecule has 21 heavy (non-hydrogen) atoms. The molecule has 0 amide bonds. The molecule has 1 aromatic carbocycles. The first kappa shape index (κ1) is 14.0. The molecule has 1 aliphatic carbocycles. The number of benzene rings is 1. The molecule has 0 radical (unpaired) electrons. The molecule has 5 nitrogen and oxygen atoms in total. The van der Waals surface area contributed by atoms with Crippen molar-refractivity contribution in [1.29, 1.82) is 0 Å². The maximum absolute atomic E-state index is 11.3. The van der Waals surface area contributed by atoms with Crippen molar-refractivity contribution in [2.24, 2.45) is 5.73 Å². The van der Waals surface area contributed by atoms with Crippen molar-refractivity contribution in [3.63, 3.8) is 0 Å². The zero-order valence-electron chi connectivity index (χ0n) is 11.7. The molecule has 6 heteroatoms. The van der Waals surface area contributed by atoms with Crippen molar-refractivity contribution < 1.29 is 8.42 Å². The van der Waals surface area contributed by atoms with Crippen LogP contribution in [0.5, 0.6) is 0 Å². The van der Waals surface area contributed by atoms with E-state index in [-0.39, 0.29) is 6.04 Å². The molecule has 0 spiro atoms. The van der Waals surface area contributed by atoms with Crippen LogP contribution in [0, 0.1) is 0 Å². The third kappa shape index (κ3) is 3.40. The minimum Gasteiger partial charge on any atom is -0.327 e. The molecule has 1 aliphatic rings. The molecule has 1 fully saturated rings. The third-order valence-electron chi connectivity index (χ3n) is 3.52. The Morgan fingerprint density at radius 2 is 2.05 bits per heavy atom. The fraction of sp³-hybridized carbons (Fsp3) is 0.267. The number of hydrogen-bond donors (Lipinski definition) is 2. The summed E-state index contributed by atoms with van der Waals surface area (Å²) in [5.74, 6) is 0.435. The van der Waals surface area contributed by atoms with Crippen LogP contribution in [0.3, 0.4) is 0 Å². The van der Waals surface area contributed by atoms with E-state index in [0.717, 1.165) is 29.5 Å². The molecular weight excluding hydrogens is 286 g/mol. The van der Waals surface area contributed by atoms with Crippen LogP contribution in [-0.4, -0.2) is 25.7 Å². The molecular formula is C15H17N3O2S. The van der Waals surface area contributed by atoms with Crippen LogP contribution in [0.2, 0.25) is 0 Å². The standard InChI is InChI=1S/C15H17N3O2S/c1-21(19,20)18-12-4-2-3-10(7-12)15-6-5-11(9-17-15)13-8-14(13)16/h2-7,9,13-14,18H,8,16H2,1H3. The van der Waals surface area contributed by atoms with Crippen LogP contribution in [0.4, 0.5) is 5.69 Å². The number of nitrogens with one attached hydrogen (secondary N) is 1. The quantitative estimate of drug-likeness (QED) is 0.904. The van der Waals surface area contributed by atoms with Gasteiger partial charge < -0.3 is 5.73 Å². The van der Waals surface area contributed by atoms with E-state index >= 15 is 0 Å². The molecule has 0 bridgehead atoms. The summed E-state index contributed by atoms with van der Waals surface area (Å²) in [6, 6.07) is 11.4. The summed E-state index contributed by atoms with van der Waals surface area (Å²) >= 11 is 0. The van der Waals surface area contributed by atoms with E-state index in [0.29, 0.717) is 11.6 Å². The van der Waals surface area contributed by atoms with Crippen molar-refractivity contribution in [2.45, 2.75) is 18.4 Å². The van der Waals surface area contributed by atoms with Gasteiger partial charge in [-0.2, -0.15) is 0 Å². The highest BCUT2D eigenvalue weighted by atomic mass is 32.2. The molecule has 3 N–H and O–H groups in total. The zero-order chi connectivity index (χ0) is 15.0. The molecule has 1 aromatic heterocycles. The third-order valence-corrected chi connectivity index (χ3v) is 4.12. The van der Waals surface area contributed by atoms with Crippen LogP contribution in [0.1, 0.15) is 17.9 Å². The van der Waals surface area contributed by atoms with Crippen molar-refractivity contribution >= 4 is 15.7 Å². The molecule has 0 saturated heterocycles. The molecule has 3 rings (SSSR count). The smallest absolute Gasteiger partial charge is 0.229 e. The second kappa shape index (κ2) is 5.13. The fourth-order valence-corrected chi connectivity index (χ4v) is 2.90. The number of rotatable bonds is 4. The van der Waals surface area contributed by atoms with Gasteiger partial charge in [0, 0.05) is 29.4 Å². The number of nitrogens with two attached hydrogens (primary N) is 1. The Labute approximate surface area is 124 Å². The number of hydrogen-bond acceptors (Lipinski definition) is 4. The van der Waals surface area contributed by atoms with E-state index < -0.39 is 10.0 Å². The first-order chi connectivity index (χ1) is 9.92. The maximum Gasteiger partial charge on any atom is 0.229 e. The Bertz CT molecular complexity index is 757. The topological polar surface area (TPSA) is 85.1 Å². The van der Waals surface area contributed by atoms with Gasteiger partial charge in [-0.25, -0.2) is 8.42 Å². The van der Waals surface area contributed by atoms with Crippen molar-refractivity contribution in [2.75, 3.05) is 11.0 Å². The predicted octanol–water partition coefficient (Wildman–Crippen LogP) is 1.93. The zero-order valence-corrected chi connectivity index (χ0v) is 12.5. The minimum absolute atomic E-state index is 0.264. The Kier molecular flexibility index (Phi) is 3.43. The lowest BCUT2D eigenvalue weighted by Crippen LogP contribution is -2.09. The molecule has 2 atom stereocenters. The van der Waals surface area contributed by atoms with Crippen LogP contribution in [-0.2, 0) is 10.0 Å². The van der Waals surface area contributed by atoms with Crippen LogP contribution < -0.4 is 10.5 Å². The van der Waals surface area contributed by atoms with Gasteiger partial charge >= 0.3 is 0 Å². The summed E-state index contributed by atoms with van der Waals surface area (Å²) in [6.07, 6.45) is 4.00. The SMILES string of the molecule is CS(=O)(=O)Nc1cccc(-c2ccc(C3CC3N)cn2)c1. The highest BCUT2D eigenvalue weighted by Crippen LogP contribution is 2.38. The number of pyridine rings is 1. The average molecular weight is 303 g/mol. The summed E-state index contributed by atoms with van der Waals surface area (Å²) < 4.78 is 25.0. The van der Waals surface area contributed by atoms with Crippen LogP contribution in [0.25, 0.3) is 11.3 Å². The van der Waals surface area contributed by atoms with Crippen LogP contribution in [0.15, 0.2) is 42.6 Å². The Morgan fingerprint density at radius 1 is 1.29 bits per heavy atom. The van der Waals surface area contributed by atoms with Gasteiger partial charge in [-0.1, -0.05) is 18.2 Å². The highest BCUT2D eigenvalue weighted by Gasteiger charge is 2.34. The van der Waals surface area contributed by atoms with Crippen molar-refractivity contribution in [3.8, 4) is 11.3 Å². The Morgan fingerprint density at radius 3 is 2.62 bits per heavy atom. The maximum atomic E-state index is 11.3. The van der Waals surface area contributed by atoms with E-state index in [4.69, 9.17) is 5.73 Å². The van der Waals surface area contributed by atoms with Gasteiger partial charge in [0.1, 0.15) is 0 Å². The van der Waals surface area contributed by atoms with Gasteiger partial charge in [-0.15, -0.1) is 0 Å².